The SMILES string of the molecule is CCC(NC)c1ccc(N2CCCSCC2)cc1. The summed E-state index contributed by atoms with van der Waals surface area (Å²) < 4.78 is 0. The smallest absolute Gasteiger partial charge is 0.0366 e. The highest BCUT2D eigenvalue weighted by molar-refractivity contribution is 7.99. The van der Waals surface area contributed by atoms with Crippen LogP contribution in [-0.4, -0.2) is 31.6 Å². The van der Waals surface area contributed by atoms with Crippen LogP contribution in [0.4, 0.5) is 5.69 Å². The van der Waals surface area contributed by atoms with E-state index < -0.39 is 0 Å². The maximum absolute atomic E-state index is 3.36. The van der Waals surface area contributed by atoms with Crippen LogP contribution in [-0.2, 0) is 0 Å². The molecule has 0 aromatic heterocycles. The third kappa shape index (κ3) is 3.42. The van der Waals surface area contributed by atoms with Gasteiger partial charge in [0.05, 0.1) is 0 Å². The molecule has 2 nitrogen and oxygen atoms in total. The Bertz CT molecular complexity index is 338. The van der Waals surface area contributed by atoms with E-state index in [-0.39, 0.29) is 0 Å². The molecule has 18 heavy (non-hydrogen) atoms. The molecule has 1 aromatic carbocycles. The van der Waals surface area contributed by atoms with Crippen molar-refractivity contribution in [3.8, 4) is 0 Å². The third-order valence-electron chi connectivity index (χ3n) is 3.64. The van der Waals surface area contributed by atoms with E-state index >= 15 is 0 Å². The van der Waals surface area contributed by atoms with E-state index in [1.165, 1.54) is 42.3 Å². The van der Waals surface area contributed by atoms with Crippen LogP contribution < -0.4 is 10.2 Å². The summed E-state index contributed by atoms with van der Waals surface area (Å²) in [6, 6.07) is 9.60. The number of benzene rings is 1. The standard InChI is InChI=1S/C15H24N2S/c1-3-15(16-2)13-5-7-14(8-6-13)17-9-4-11-18-12-10-17/h5-8,15-16H,3-4,9-12H2,1-2H3. The van der Waals surface area contributed by atoms with E-state index in [9.17, 15) is 0 Å². The van der Waals surface area contributed by atoms with E-state index in [1.807, 2.05) is 7.05 Å². The van der Waals surface area contributed by atoms with Gasteiger partial charge < -0.3 is 10.2 Å². The highest BCUT2D eigenvalue weighted by Gasteiger charge is 2.11. The van der Waals surface area contributed by atoms with Crippen molar-refractivity contribution < 1.29 is 0 Å². The van der Waals surface area contributed by atoms with Gasteiger partial charge in [0.25, 0.3) is 0 Å². The number of anilines is 1. The molecule has 1 aliphatic rings. The van der Waals surface area contributed by atoms with Crippen LogP contribution in [0, 0.1) is 0 Å². The lowest BCUT2D eigenvalue weighted by Gasteiger charge is -2.23. The summed E-state index contributed by atoms with van der Waals surface area (Å²) in [6.45, 7) is 4.62. The molecule has 3 heteroatoms. The predicted octanol–water partition coefficient (Wildman–Crippen LogP) is 3.30. The number of thioether (sulfide) groups is 1. The lowest BCUT2D eigenvalue weighted by molar-refractivity contribution is 0.577. The zero-order chi connectivity index (χ0) is 12.8. The molecular weight excluding hydrogens is 240 g/mol. The normalized spacial score (nSPS) is 18.4. The van der Waals surface area contributed by atoms with Crippen molar-refractivity contribution in [1.82, 2.24) is 5.32 Å². The third-order valence-corrected chi connectivity index (χ3v) is 4.69. The molecule has 0 radical (unpaired) electrons. The highest BCUT2D eigenvalue weighted by atomic mass is 32.2. The molecule has 2 rings (SSSR count). The molecule has 1 saturated heterocycles. The molecule has 0 spiro atoms. The van der Waals surface area contributed by atoms with Gasteiger partial charge in [-0.25, -0.2) is 0 Å². The number of hydrogen-bond donors (Lipinski definition) is 1. The average molecular weight is 264 g/mol. The summed E-state index contributed by atoms with van der Waals surface area (Å²) in [5, 5.41) is 3.36. The first-order valence-electron chi connectivity index (χ1n) is 6.95. The van der Waals surface area contributed by atoms with Gasteiger partial charge in [-0.1, -0.05) is 19.1 Å². The molecular formula is C15H24N2S. The summed E-state index contributed by atoms with van der Waals surface area (Å²) in [4.78, 5) is 2.52. The Labute approximate surface area is 115 Å². The van der Waals surface area contributed by atoms with Gasteiger partial charge >= 0.3 is 0 Å². The second kappa shape index (κ2) is 7.05. The largest absolute Gasteiger partial charge is 0.371 e. The van der Waals surface area contributed by atoms with Gasteiger partial charge in [-0.15, -0.1) is 0 Å². The summed E-state index contributed by atoms with van der Waals surface area (Å²) in [5.74, 6) is 2.57. The van der Waals surface area contributed by atoms with Crippen LogP contribution in [0.25, 0.3) is 0 Å². The quantitative estimate of drug-likeness (QED) is 0.898. The number of nitrogens with zero attached hydrogens (tertiary/aromatic N) is 1. The molecule has 1 aliphatic heterocycles. The van der Waals surface area contributed by atoms with Crippen LogP contribution >= 0.6 is 11.8 Å². The number of rotatable bonds is 4. The van der Waals surface area contributed by atoms with Gasteiger partial charge in [0, 0.05) is 30.6 Å². The summed E-state index contributed by atoms with van der Waals surface area (Å²) in [6.07, 6.45) is 2.44. The summed E-state index contributed by atoms with van der Waals surface area (Å²) in [7, 11) is 2.04. The molecule has 0 amide bonds. The van der Waals surface area contributed by atoms with E-state index in [4.69, 9.17) is 0 Å². The van der Waals surface area contributed by atoms with E-state index in [0.717, 1.165) is 6.42 Å². The second-order valence-corrected chi connectivity index (χ2v) is 6.02. The zero-order valence-corrected chi connectivity index (χ0v) is 12.3. The molecule has 0 saturated carbocycles. The van der Waals surface area contributed by atoms with Gasteiger partial charge in [-0.05, 0) is 43.3 Å². The van der Waals surface area contributed by atoms with Crippen LogP contribution in [0.1, 0.15) is 31.4 Å². The first kappa shape index (κ1) is 13.8. The molecule has 1 N–H and O–H groups in total. The van der Waals surface area contributed by atoms with Crippen molar-refractivity contribution in [2.24, 2.45) is 0 Å². The minimum Gasteiger partial charge on any atom is -0.371 e. The second-order valence-electron chi connectivity index (χ2n) is 4.79. The predicted molar refractivity (Wildman–Crippen MR) is 82.7 cm³/mol. The Balaban J connectivity index is 2.06. The van der Waals surface area contributed by atoms with Gasteiger partial charge in [0.1, 0.15) is 0 Å². The van der Waals surface area contributed by atoms with Crippen molar-refractivity contribution in [2.75, 3.05) is 36.5 Å². The van der Waals surface area contributed by atoms with E-state index in [1.54, 1.807) is 0 Å². The van der Waals surface area contributed by atoms with Gasteiger partial charge in [0.2, 0.25) is 0 Å². The van der Waals surface area contributed by atoms with Gasteiger partial charge in [-0.2, -0.15) is 11.8 Å². The van der Waals surface area contributed by atoms with Crippen molar-refractivity contribution in [3.05, 3.63) is 29.8 Å². The minimum absolute atomic E-state index is 0.485. The van der Waals surface area contributed by atoms with E-state index in [0.29, 0.717) is 6.04 Å². The Morgan fingerprint density at radius 2 is 2.00 bits per heavy atom. The van der Waals surface area contributed by atoms with Crippen molar-refractivity contribution >= 4 is 17.4 Å². The molecule has 1 fully saturated rings. The fourth-order valence-electron chi connectivity index (χ4n) is 2.53. The lowest BCUT2D eigenvalue weighted by Crippen LogP contribution is -2.25. The van der Waals surface area contributed by atoms with Crippen LogP contribution in [0.3, 0.4) is 0 Å². The highest BCUT2D eigenvalue weighted by Crippen LogP contribution is 2.23. The monoisotopic (exact) mass is 264 g/mol. The Kier molecular flexibility index (Phi) is 5.39. The fourth-order valence-corrected chi connectivity index (χ4v) is 3.42. The number of nitrogens with one attached hydrogen (secondary N) is 1. The minimum atomic E-state index is 0.485. The lowest BCUT2D eigenvalue weighted by atomic mass is 10.0. The van der Waals surface area contributed by atoms with E-state index in [2.05, 4.69) is 53.2 Å². The molecule has 0 bridgehead atoms. The van der Waals surface area contributed by atoms with Gasteiger partial charge in [-0.3, -0.25) is 0 Å². The van der Waals surface area contributed by atoms with Gasteiger partial charge in [0.15, 0.2) is 0 Å². The molecule has 1 heterocycles. The fraction of sp³-hybridized carbons (Fsp3) is 0.600. The Morgan fingerprint density at radius 1 is 1.22 bits per heavy atom. The molecule has 1 atom stereocenters. The average Bonchev–Trinajstić information content (AvgIpc) is 2.70. The number of hydrogen-bond acceptors (Lipinski definition) is 3. The summed E-state index contributed by atoms with van der Waals surface area (Å²) in [5.41, 5.74) is 2.78. The van der Waals surface area contributed by atoms with Crippen LogP contribution in [0.5, 0.6) is 0 Å². The summed E-state index contributed by atoms with van der Waals surface area (Å²) >= 11 is 2.08. The molecule has 100 valence electrons. The van der Waals surface area contributed by atoms with Crippen molar-refractivity contribution in [1.29, 1.82) is 0 Å². The van der Waals surface area contributed by atoms with Crippen LogP contribution in [0.2, 0.25) is 0 Å². The van der Waals surface area contributed by atoms with Crippen LogP contribution in [0.15, 0.2) is 24.3 Å². The first-order chi connectivity index (χ1) is 8.85. The van der Waals surface area contributed by atoms with Crippen molar-refractivity contribution in [3.63, 3.8) is 0 Å². The first-order valence-corrected chi connectivity index (χ1v) is 8.10. The molecule has 1 unspecified atom stereocenters. The van der Waals surface area contributed by atoms with Crippen molar-refractivity contribution in [2.45, 2.75) is 25.8 Å². The Morgan fingerprint density at radius 3 is 2.67 bits per heavy atom. The Hall–Kier alpha value is -0.670. The molecule has 0 aliphatic carbocycles. The maximum Gasteiger partial charge on any atom is 0.0366 e. The maximum atomic E-state index is 3.36. The topological polar surface area (TPSA) is 15.3 Å². The zero-order valence-electron chi connectivity index (χ0n) is 11.5. The molecule has 1 aromatic rings.